The first-order chi connectivity index (χ1) is 15.7. The SMILES string of the molecule is Clc1ccc(/C=C/c2cc(CNCC3CNC3)cc(OCCc3ccncc3)c2)c(Br)c1. The van der Waals surface area contributed by atoms with E-state index < -0.39 is 0 Å². The smallest absolute Gasteiger partial charge is 0.120 e. The molecule has 1 aliphatic heterocycles. The molecule has 4 nitrogen and oxygen atoms in total. The number of aromatic nitrogens is 1. The fourth-order valence-electron chi connectivity index (χ4n) is 3.54. The number of rotatable bonds is 10. The molecule has 1 aliphatic rings. The third kappa shape index (κ3) is 6.91. The van der Waals surface area contributed by atoms with Crippen LogP contribution in [-0.4, -0.2) is 31.2 Å². The lowest BCUT2D eigenvalue weighted by Crippen LogP contribution is -2.47. The van der Waals surface area contributed by atoms with E-state index in [4.69, 9.17) is 16.3 Å². The summed E-state index contributed by atoms with van der Waals surface area (Å²) in [5.41, 5.74) is 4.62. The lowest BCUT2D eigenvalue weighted by Gasteiger charge is -2.27. The molecular formula is C26H27BrClN3O. The minimum absolute atomic E-state index is 0.626. The van der Waals surface area contributed by atoms with Crippen molar-refractivity contribution in [3.05, 3.63) is 92.7 Å². The van der Waals surface area contributed by atoms with Crippen molar-refractivity contribution < 1.29 is 4.74 Å². The van der Waals surface area contributed by atoms with Crippen molar-refractivity contribution in [2.75, 3.05) is 26.2 Å². The Labute approximate surface area is 203 Å². The van der Waals surface area contributed by atoms with Crippen LogP contribution in [0.5, 0.6) is 5.75 Å². The summed E-state index contributed by atoms with van der Waals surface area (Å²) in [5, 5.41) is 7.62. The molecule has 0 radical (unpaired) electrons. The van der Waals surface area contributed by atoms with Crippen LogP contribution in [0.3, 0.4) is 0 Å². The molecule has 1 aromatic heterocycles. The van der Waals surface area contributed by atoms with E-state index in [2.05, 4.69) is 61.9 Å². The maximum Gasteiger partial charge on any atom is 0.120 e. The minimum atomic E-state index is 0.626. The topological polar surface area (TPSA) is 46.2 Å². The van der Waals surface area contributed by atoms with Crippen LogP contribution in [0.2, 0.25) is 5.02 Å². The van der Waals surface area contributed by atoms with Crippen molar-refractivity contribution in [2.24, 2.45) is 5.92 Å². The fourth-order valence-corrected chi connectivity index (χ4v) is 4.35. The Morgan fingerprint density at radius 3 is 2.66 bits per heavy atom. The van der Waals surface area contributed by atoms with Crippen molar-refractivity contribution in [3.63, 3.8) is 0 Å². The number of nitrogens with one attached hydrogen (secondary N) is 2. The molecule has 32 heavy (non-hydrogen) atoms. The highest BCUT2D eigenvalue weighted by molar-refractivity contribution is 9.10. The summed E-state index contributed by atoms with van der Waals surface area (Å²) in [4.78, 5) is 4.07. The fraction of sp³-hybridized carbons (Fsp3) is 0.269. The number of hydrogen-bond donors (Lipinski definition) is 2. The summed E-state index contributed by atoms with van der Waals surface area (Å²) in [7, 11) is 0. The molecule has 0 bridgehead atoms. The van der Waals surface area contributed by atoms with Gasteiger partial charge in [0.2, 0.25) is 0 Å². The highest BCUT2D eigenvalue weighted by Gasteiger charge is 2.15. The van der Waals surface area contributed by atoms with Gasteiger partial charge in [-0.15, -0.1) is 0 Å². The van der Waals surface area contributed by atoms with E-state index in [1.165, 1.54) is 11.1 Å². The Bertz CT molecular complexity index is 1050. The Kier molecular flexibility index (Phi) is 8.35. The second-order valence-corrected chi connectivity index (χ2v) is 9.31. The van der Waals surface area contributed by atoms with Crippen molar-refractivity contribution in [2.45, 2.75) is 13.0 Å². The van der Waals surface area contributed by atoms with E-state index in [1.54, 1.807) is 0 Å². The Morgan fingerprint density at radius 2 is 1.91 bits per heavy atom. The molecule has 3 aromatic rings. The van der Waals surface area contributed by atoms with Gasteiger partial charge in [-0.1, -0.05) is 51.8 Å². The van der Waals surface area contributed by atoms with Gasteiger partial charge in [-0.05, 0) is 64.6 Å². The summed E-state index contributed by atoms with van der Waals surface area (Å²) in [6, 6.07) is 16.3. The molecule has 0 amide bonds. The highest BCUT2D eigenvalue weighted by atomic mass is 79.9. The van der Waals surface area contributed by atoms with Gasteiger partial charge in [0.1, 0.15) is 5.75 Å². The predicted octanol–water partition coefficient (Wildman–Crippen LogP) is 5.60. The molecule has 0 aliphatic carbocycles. The van der Waals surface area contributed by atoms with Crippen molar-refractivity contribution in [1.29, 1.82) is 0 Å². The molecule has 1 saturated heterocycles. The molecule has 1 fully saturated rings. The molecule has 0 unspecified atom stereocenters. The first kappa shape index (κ1) is 23.0. The third-order valence-electron chi connectivity index (χ3n) is 5.44. The molecule has 0 spiro atoms. The minimum Gasteiger partial charge on any atom is -0.493 e. The Morgan fingerprint density at radius 1 is 1.06 bits per heavy atom. The lowest BCUT2D eigenvalue weighted by atomic mass is 10.0. The summed E-state index contributed by atoms with van der Waals surface area (Å²) in [6.07, 6.45) is 8.69. The molecule has 0 atom stereocenters. The maximum atomic E-state index is 6.12. The van der Waals surface area contributed by atoms with E-state index >= 15 is 0 Å². The number of nitrogens with zero attached hydrogens (tertiary/aromatic N) is 1. The second-order valence-electron chi connectivity index (χ2n) is 8.02. The van der Waals surface area contributed by atoms with Gasteiger partial charge in [-0.3, -0.25) is 4.98 Å². The zero-order valence-corrected chi connectivity index (χ0v) is 20.2. The molecule has 2 N–H and O–H groups in total. The molecular weight excluding hydrogens is 486 g/mol. The maximum absolute atomic E-state index is 6.12. The summed E-state index contributed by atoms with van der Waals surface area (Å²) < 4.78 is 7.10. The first-order valence-corrected chi connectivity index (χ1v) is 12.0. The van der Waals surface area contributed by atoms with Crippen LogP contribution in [0.1, 0.15) is 22.3 Å². The number of halogens is 2. The average molecular weight is 513 g/mol. The van der Waals surface area contributed by atoms with Crippen LogP contribution in [0, 0.1) is 5.92 Å². The van der Waals surface area contributed by atoms with Crippen LogP contribution >= 0.6 is 27.5 Å². The molecule has 4 rings (SSSR count). The van der Waals surface area contributed by atoms with Crippen LogP contribution in [-0.2, 0) is 13.0 Å². The van der Waals surface area contributed by atoms with E-state index in [0.29, 0.717) is 11.6 Å². The first-order valence-electron chi connectivity index (χ1n) is 10.9. The molecule has 166 valence electrons. The quantitative estimate of drug-likeness (QED) is 0.347. The van der Waals surface area contributed by atoms with Crippen molar-refractivity contribution in [3.8, 4) is 5.75 Å². The standard InChI is InChI=1S/C26H27BrClN3O/c27-26-14-24(28)4-3-23(26)2-1-20-11-21(15-30-16-22-17-31-18-22)13-25(12-20)32-10-7-19-5-8-29-9-6-19/h1-6,8-9,11-14,22,30-31H,7,10,15-18H2/b2-1+. The molecule has 2 heterocycles. The van der Waals surface area contributed by atoms with Gasteiger partial charge in [-0.2, -0.15) is 0 Å². The van der Waals surface area contributed by atoms with Crippen molar-refractivity contribution in [1.82, 2.24) is 15.6 Å². The van der Waals surface area contributed by atoms with Crippen LogP contribution in [0.4, 0.5) is 0 Å². The van der Waals surface area contributed by atoms with E-state index in [9.17, 15) is 0 Å². The van der Waals surface area contributed by atoms with Crippen LogP contribution < -0.4 is 15.4 Å². The average Bonchev–Trinajstić information content (AvgIpc) is 2.76. The number of hydrogen-bond acceptors (Lipinski definition) is 4. The van der Waals surface area contributed by atoms with E-state index in [-0.39, 0.29) is 0 Å². The van der Waals surface area contributed by atoms with Crippen LogP contribution in [0.25, 0.3) is 12.2 Å². The highest BCUT2D eigenvalue weighted by Crippen LogP contribution is 2.25. The lowest BCUT2D eigenvalue weighted by molar-refractivity contribution is 0.320. The van der Waals surface area contributed by atoms with E-state index in [0.717, 1.165) is 59.9 Å². The zero-order chi connectivity index (χ0) is 22.2. The Balaban J connectivity index is 1.45. The summed E-state index contributed by atoms with van der Waals surface area (Å²) in [5.74, 6) is 1.62. The third-order valence-corrected chi connectivity index (χ3v) is 6.37. The van der Waals surface area contributed by atoms with Crippen LogP contribution in [0.15, 0.2) is 65.4 Å². The molecule has 0 saturated carbocycles. The van der Waals surface area contributed by atoms with Gasteiger partial charge in [0, 0.05) is 54.5 Å². The predicted molar refractivity (Wildman–Crippen MR) is 136 cm³/mol. The second kappa shape index (κ2) is 11.6. The van der Waals surface area contributed by atoms with Gasteiger partial charge in [-0.25, -0.2) is 0 Å². The normalized spacial score (nSPS) is 13.9. The monoisotopic (exact) mass is 511 g/mol. The number of pyridine rings is 1. The number of benzene rings is 2. The Hall–Kier alpha value is -2.18. The van der Waals surface area contributed by atoms with Gasteiger partial charge < -0.3 is 15.4 Å². The van der Waals surface area contributed by atoms with Gasteiger partial charge in [0.05, 0.1) is 6.61 Å². The largest absolute Gasteiger partial charge is 0.493 e. The zero-order valence-electron chi connectivity index (χ0n) is 17.9. The van der Waals surface area contributed by atoms with Gasteiger partial charge >= 0.3 is 0 Å². The van der Waals surface area contributed by atoms with Gasteiger partial charge in [0.25, 0.3) is 0 Å². The van der Waals surface area contributed by atoms with E-state index in [1.807, 2.05) is 42.7 Å². The van der Waals surface area contributed by atoms with Crippen molar-refractivity contribution >= 4 is 39.7 Å². The molecule has 2 aromatic carbocycles. The van der Waals surface area contributed by atoms with Gasteiger partial charge in [0.15, 0.2) is 0 Å². The number of ether oxygens (including phenoxy) is 1. The summed E-state index contributed by atoms with van der Waals surface area (Å²) in [6.45, 7) is 4.69. The molecule has 6 heteroatoms. The summed E-state index contributed by atoms with van der Waals surface area (Å²) >= 11 is 9.65.